The second-order valence-corrected chi connectivity index (χ2v) is 4.52. The van der Waals surface area contributed by atoms with Crippen molar-refractivity contribution >= 4 is 11.9 Å². The van der Waals surface area contributed by atoms with Crippen LogP contribution in [0.15, 0.2) is 35.9 Å². The molecule has 1 fully saturated rings. The van der Waals surface area contributed by atoms with E-state index in [4.69, 9.17) is 0 Å². The molecule has 0 radical (unpaired) electrons. The van der Waals surface area contributed by atoms with Crippen LogP contribution in [0.25, 0.3) is 6.08 Å². The minimum atomic E-state index is 0.341. The van der Waals surface area contributed by atoms with E-state index < -0.39 is 0 Å². The summed E-state index contributed by atoms with van der Waals surface area (Å²) in [6.07, 6.45) is 6.01. The predicted octanol–water partition coefficient (Wildman–Crippen LogP) is 3.85. The molecule has 84 valence electrons. The summed E-state index contributed by atoms with van der Waals surface area (Å²) in [5.74, 6) is 1.04. The molecule has 0 heterocycles. The normalized spacial score (nSPS) is 23.7. The van der Waals surface area contributed by atoms with E-state index in [1.54, 1.807) is 0 Å². The maximum absolute atomic E-state index is 11.8. The van der Waals surface area contributed by atoms with Crippen LogP contribution in [0.3, 0.4) is 0 Å². The van der Waals surface area contributed by atoms with E-state index in [2.05, 4.69) is 25.1 Å². The van der Waals surface area contributed by atoms with Crippen LogP contribution in [0, 0.1) is 5.92 Å². The van der Waals surface area contributed by atoms with Crippen LogP contribution in [0.5, 0.6) is 0 Å². The molecule has 1 aromatic rings. The zero-order valence-corrected chi connectivity index (χ0v) is 9.78. The Bertz CT molecular complexity index is 389. The number of ketones is 1. The van der Waals surface area contributed by atoms with Gasteiger partial charge in [0.25, 0.3) is 0 Å². The molecule has 1 atom stereocenters. The highest BCUT2D eigenvalue weighted by atomic mass is 16.1. The smallest absolute Gasteiger partial charge is 0.158 e. The Hall–Kier alpha value is -1.37. The highest BCUT2D eigenvalue weighted by Gasteiger charge is 2.21. The van der Waals surface area contributed by atoms with Gasteiger partial charge in [0.2, 0.25) is 0 Å². The van der Waals surface area contributed by atoms with Gasteiger partial charge in [-0.1, -0.05) is 43.7 Å². The van der Waals surface area contributed by atoms with Gasteiger partial charge in [-0.2, -0.15) is 0 Å². The molecule has 0 aliphatic heterocycles. The molecular weight excluding hydrogens is 196 g/mol. The quantitative estimate of drug-likeness (QED) is 0.683. The summed E-state index contributed by atoms with van der Waals surface area (Å²) in [5, 5.41) is 0. The summed E-state index contributed by atoms with van der Waals surface area (Å²) < 4.78 is 0. The van der Waals surface area contributed by atoms with Crippen LogP contribution >= 0.6 is 0 Å². The number of allylic oxidation sites excluding steroid dienone is 1. The van der Waals surface area contributed by atoms with Gasteiger partial charge < -0.3 is 0 Å². The molecule has 0 spiro atoms. The molecule has 0 N–H and O–H groups in total. The summed E-state index contributed by atoms with van der Waals surface area (Å²) in [4.78, 5) is 11.8. The molecule has 0 saturated heterocycles. The van der Waals surface area contributed by atoms with Crippen LogP contribution in [0.2, 0.25) is 0 Å². The molecule has 0 aromatic heterocycles. The minimum Gasteiger partial charge on any atom is -0.295 e. The highest BCUT2D eigenvalue weighted by Crippen LogP contribution is 2.29. The van der Waals surface area contributed by atoms with E-state index in [0.717, 1.165) is 30.4 Å². The Balaban J connectivity index is 2.18. The van der Waals surface area contributed by atoms with Crippen LogP contribution < -0.4 is 0 Å². The third-order valence-corrected chi connectivity index (χ3v) is 3.36. The van der Waals surface area contributed by atoms with Crippen molar-refractivity contribution < 1.29 is 4.79 Å². The van der Waals surface area contributed by atoms with Gasteiger partial charge in [-0.05, 0) is 36.0 Å². The molecule has 0 bridgehead atoms. The van der Waals surface area contributed by atoms with Gasteiger partial charge >= 0.3 is 0 Å². The first-order valence-electron chi connectivity index (χ1n) is 6.08. The molecule has 1 aliphatic carbocycles. The van der Waals surface area contributed by atoms with Gasteiger partial charge in [-0.3, -0.25) is 4.79 Å². The first kappa shape index (κ1) is 11.1. The molecule has 2 rings (SSSR count). The van der Waals surface area contributed by atoms with E-state index in [9.17, 15) is 4.79 Å². The Morgan fingerprint density at radius 2 is 2.06 bits per heavy atom. The van der Waals surface area contributed by atoms with Crippen molar-refractivity contribution in [2.75, 3.05) is 0 Å². The van der Waals surface area contributed by atoms with E-state index in [1.165, 1.54) is 6.42 Å². The third-order valence-electron chi connectivity index (χ3n) is 3.36. The summed E-state index contributed by atoms with van der Waals surface area (Å²) in [6, 6.07) is 10.1. The number of hydrogen-bond donors (Lipinski definition) is 0. The molecule has 1 aliphatic rings. The number of carbonyl (C=O) groups excluding carboxylic acids is 1. The molecule has 1 nitrogen and oxygen atoms in total. The minimum absolute atomic E-state index is 0.341. The van der Waals surface area contributed by atoms with E-state index >= 15 is 0 Å². The SMILES string of the molecule is CCC1CCC(=O)C(=Cc2ccccc2)C1. The summed E-state index contributed by atoms with van der Waals surface area (Å²) in [7, 11) is 0. The van der Waals surface area contributed by atoms with Crippen molar-refractivity contribution in [2.45, 2.75) is 32.6 Å². The largest absolute Gasteiger partial charge is 0.295 e. The predicted molar refractivity (Wildman–Crippen MR) is 67.1 cm³/mol. The second-order valence-electron chi connectivity index (χ2n) is 4.52. The standard InChI is InChI=1S/C15H18O/c1-2-12-8-9-15(16)14(10-12)11-13-6-4-3-5-7-13/h3-7,11-12H,2,8-10H2,1H3. The van der Waals surface area contributed by atoms with Crippen LogP contribution in [0.1, 0.15) is 38.2 Å². The van der Waals surface area contributed by atoms with Crippen LogP contribution in [-0.2, 0) is 4.79 Å². The van der Waals surface area contributed by atoms with Gasteiger partial charge in [0, 0.05) is 6.42 Å². The fourth-order valence-corrected chi connectivity index (χ4v) is 2.26. The van der Waals surface area contributed by atoms with E-state index in [-0.39, 0.29) is 0 Å². The molecule has 1 saturated carbocycles. The highest BCUT2D eigenvalue weighted by molar-refractivity contribution is 6.00. The maximum atomic E-state index is 11.8. The fourth-order valence-electron chi connectivity index (χ4n) is 2.26. The first-order valence-corrected chi connectivity index (χ1v) is 6.08. The Labute approximate surface area is 97.2 Å². The van der Waals surface area contributed by atoms with Crippen molar-refractivity contribution in [3.8, 4) is 0 Å². The lowest BCUT2D eigenvalue weighted by molar-refractivity contribution is -0.116. The molecule has 1 heteroatoms. The summed E-state index contributed by atoms with van der Waals surface area (Å²) >= 11 is 0. The third kappa shape index (κ3) is 2.60. The van der Waals surface area contributed by atoms with Gasteiger partial charge in [-0.15, -0.1) is 0 Å². The maximum Gasteiger partial charge on any atom is 0.158 e. The lowest BCUT2D eigenvalue weighted by atomic mass is 9.82. The first-order chi connectivity index (χ1) is 7.79. The van der Waals surface area contributed by atoms with Crippen molar-refractivity contribution in [2.24, 2.45) is 5.92 Å². The van der Waals surface area contributed by atoms with E-state index in [1.807, 2.05) is 18.2 Å². The van der Waals surface area contributed by atoms with Crippen LogP contribution in [0.4, 0.5) is 0 Å². The Morgan fingerprint density at radius 1 is 1.31 bits per heavy atom. The number of rotatable bonds is 2. The van der Waals surface area contributed by atoms with Crippen molar-refractivity contribution in [1.29, 1.82) is 0 Å². The summed E-state index contributed by atoms with van der Waals surface area (Å²) in [5.41, 5.74) is 2.16. The number of carbonyl (C=O) groups is 1. The lowest BCUT2D eigenvalue weighted by Gasteiger charge is -2.21. The monoisotopic (exact) mass is 214 g/mol. The van der Waals surface area contributed by atoms with Crippen molar-refractivity contribution in [1.82, 2.24) is 0 Å². The Kier molecular flexibility index (Phi) is 3.55. The number of benzene rings is 1. The van der Waals surface area contributed by atoms with Gasteiger partial charge in [0.15, 0.2) is 5.78 Å². The van der Waals surface area contributed by atoms with Crippen LogP contribution in [-0.4, -0.2) is 5.78 Å². The molecule has 0 amide bonds. The van der Waals surface area contributed by atoms with Crippen molar-refractivity contribution in [3.63, 3.8) is 0 Å². The lowest BCUT2D eigenvalue weighted by Crippen LogP contribution is -2.16. The average molecular weight is 214 g/mol. The summed E-state index contributed by atoms with van der Waals surface area (Å²) in [6.45, 7) is 2.21. The second kappa shape index (κ2) is 5.11. The van der Waals surface area contributed by atoms with E-state index in [0.29, 0.717) is 11.7 Å². The molecule has 1 aromatic carbocycles. The molecule has 1 unspecified atom stereocenters. The zero-order chi connectivity index (χ0) is 11.4. The fraction of sp³-hybridized carbons (Fsp3) is 0.400. The molecular formula is C15H18O. The average Bonchev–Trinajstić information content (AvgIpc) is 2.33. The topological polar surface area (TPSA) is 17.1 Å². The van der Waals surface area contributed by atoms with Gasteiger partial charge in [-0.25, -0.2) is 0 Å². The molecule has 16 heavy (non-hydrogen) atoms. The van der Waals surface area contributed by atoms with Gasteiger partial charge in [0.05, 0.1) is 0 Å². The number of hydrogen-bond acceptors (Lipinski definition) is 1. The Morgan fingerprint density at radius 3 is 2.75 bits per heavy atom. The van der Waals surface area contributed by atoms with Gasteiger partial charge in [0.1, 0.15) is 0 Å². The van der Waals surface area contributed by atoms with Crippen molar-refractivity contribution in [3.05, 3.63) is 41.5 Å². The number of Topliss-reactive ketones (excluding diaryl/α,β-unsaturated/α-hetero) is 1. The zero-order valence-electron chi connectivity index (χ0n) is 9.78.